The Morgan fingerprint density at radius 3 is 2.58 bits per heavy atom. The fourth-order valence-corrected chi connectivity index (χ4v) is 7.24. The molecule has 55 heavy (non-hydrogen) atoms. The molecule has 0 aliphatic carbocycles. The van der Waals surface area contributed by atoms with Crippen molar-refractivity contribution in [3.63, 3.8) is 0 Å². The van der Waals surface area contributed by atoms with E-state index in [0.717, 1.165) is 40.9 Å². The molecule has 5 heterocycles. The summed E-state index contributed by atoms with van der Waals surface area (Å²) < 4.78 is 9.13. The molecule has 1 aliphatic rings. The Bertz CT molecular complexity index is 2230. The van der Waals surface area contributed by atoms with Crippen molar-refractivity contribution in [2.75, 3.05) is 64.6 Å². The molecule has 2 N–H and O–H groups in total. The molecular weight excluding hydrogens is 719 g/mol. The van der Waals surface area contributed by atoms with Crippen molar-refractivity contribution >= 4 is 51.9 Å². The van der Waals surface area contributed by atoms with Gasteiger partial charge < -0.3 is 19.4 Å². The third-order valence-electron chi connectivity index (χ3n) is 9.45. The van der Waals surface area contributed by atoms with Gasteiger partial charge in [0.25, 0.3) is 11.5 Å². The first-order valence-corrected chi connectivity index (χ1v) is 19.3. The maximum absolute atomic E-state index is 14.3. The van der Waals surface area contributed by atoms with Gasteiger partial charge in [0.15, 0.2) is 11.0 Å². The average Bonchev–Trinajstić information content (AvgIpc) is 3.80. The number of anilines is 2. The molecule has 16 heteroatoms. The maximum atomic E-state index is 14.3. The topological polar surface area (TPSA) is 162 Å². The normalized spacial score (nSPS) is 15.1. The highest BCUT2D eigenvalue weighted by Crippen LogP contribution is 2.29. The molecule has 1 saturated heterocycles. The second kappa shape index (κ2) is 16.5. The summed E-state index contributed by atoms with van der Waals surface area (Å²) in [5.41, 5.74) is 2.41. The second-order valence-corrected chi connectivity index (χ2v) is 16.8. The molecule has 15 nitrogen and oxygen atoms in total. The van der Waals surface area contributed by atoms with Crippen LogP contribution < -0.4 is 25.8 Å². The number of amides is 2. The molecule has 5 aromatic rings. The summed E-state index contributed by atoms with van der Waals surface area (Å²) >= 11 is 1.37. The van der Waals surface area contributed by atoms with Crippen molar-refractivity contribution < 1.29 is 18.8 Å². The zero-order valence-corrected chi connectivity index (χ0v) is 33.4. The quantitative estimate of drug-likeness (QED) is 0.165. The molecule has 1 aromatic carbocycles. The van der Waals surface area contributed by atoms with Crippen LogP contribution in [-0.4, -0.2) is 105 Å². The number of pyridine rings is 1. The Morgan fingerprint density at radius 2 is 1.87 bits per heavy atom. The van der Waals surface area contributed by atoms with Gasteiger partial charge in [-0.15, -0.1) is 16.4 Å². The van der Waals surface area contributed by atoms with E-state index in [4.69, 9.17) is 9.72 Å². The van der Waals surface area contributed by atoms with Crippen LogP contribution in [0.15, 0.2) is 52.8 Å². The number of methoxy groups -OCH3 is 1. The third-order valence-corrected chi connectivity index (χ3v) is 10.2. The van der Waals surface area contributed by atoms with Crippen LogP contribution in [0.25, 0.3) is 17.8 Å². The molecule has 0 radical (unpaired) electrons. The highest BCUT2D eigenvalue weighted by atomic mass is 32.1. The lowest BCUT2D eigenvalue weighted by Crippen LogP contribution is -2.43. The van der Waals surface area contributed by atoms with E-state index in [9.17, 15) is 14.4 Å². The summed E-state index contributed by atoms with van der Waals surface area (Å²) in [4.78, 5) is 52.4. The van der Waals surface area contributed by atoms with Gasteiger partial charge in [-0.2, -0.15) is 0 Å². The highest BCUT2D eigenvalue weighted by molar-refractivity contribution is 7.14. The number of hydrogen-bond donors (Lipinski definition) is 2. The zero-order chi connectivity index (χ0) is 39.3. The molecular formula is C39H50N11O4S+. The molecule has 290 valence electrons. The minimum absolute atomic E-state index is 0.0150. The van der Waals surface area contributed by atoms with Gasteiger partial charge >= 0.3 is 0 Å². The van der Waals surface area contributed by atoms with Gasteiger partial charge in [-0.3, -0.25) is 24.1 Å². The number of fused-ring (bicyclic) bond motifs is 1. The Kier molecular flexibility index (Phi) is 11.8. The Labute approximate surface area is 324 Å². The number of aromatic nitrogens is 7. The molecule has 1 unspecified atom stereocenters. The van der Waals surface area contributed by atoms with Crippen LogP contribution in [0.4, 0.5) is 10.9 Å². The second-order valence-electron chi connectivity index (χ2n) is 15.9. The first kappa shape index (κ1) is 39.2. The van der Waals surface area contributed by atoms with Gasteiger partial charge in [-0.1, -0.05) is 32.9 Å². The third kappa shape index (κ3) is 9.99. The lowest BCUT2D eigenvalue weighted by molar-refractivity contribution is -0.869. The van der Waals surface area contributed by atoms with Gasteiger partial charge in [-0.25, -0.2) is 14.6 Å². The van der Waals surface area contributed by atoms with E-state index >= 15 is 0 Å². The van der Waals surface area contributed by atoms with Gasteiger partial charge in [0.05, 0.1) is 59.1 Å². The molecule has 6 rings (SSSR count). The summed E-state index contributed by atoms with van der Waals surface area (Å²) in [6.07, 6.45) is 7.06. The van der Waals surface area contributed by atoms with Crippen LogP contribution in [0.3, 0.4) is 0 Å². The fraction of sp³-hybridized carbons (Fsp3) is 0.436. The number of thiazole rings is 1. The summed E-state index contributed by atoms with van der Waals surface area (Å²) in [5.74, 6) is 1.41. The number of nitrogens with zero attached hydrogens (tertiary/aromatic N) is 9. The van der Waals surface area contributed by atoms with Crippen LogP contribution in [0, 0.1) is 5.92 Å². The number of quaternary nitrogens is 1. The van der Waals surface area contributed by atoms with Crippen LogP contribution >= 0.6 is 11.3 Å². The largest absolute Gasteiger partial charge is 0.497 e. The molecule has 4 aromatic heterocycles. The monoisotopic (exact) mass is 768 g/mol. The number of piperidine rings is 1. The summed E-state index contributed by atoms with van der Waals surface area (Å²) in [7, 11) is 7.90. The standard InChI is InChI=1S/C39H49N11O4S/c1-39(2,3)31-25-55-38(41-31)43-36(52)28-16-19-48-33(22-28)42-35(47-18-8-9-27(23-47)21-34(51)40-17-20-50(4,5)6)30(37(48)53)14-15-32-44-45-46-49(32)24-26-10-12-29(54-7)13-11-26/h10-16,19,22,25,27H,8-9,17-18,20-21,23-24H2,1-7H3,(H-,40,41,43,51,52)/p+1. The predicted molar refractivity (Wildman–Crippen MR) is 215 cm³/mol. The molecule has 1 fully saturated rings. The number of carbonyl (C=O) groups excluding carboxylic acids is 2. The number of rotatable bonds is 13. The lowest BCUT2D eigenvalue weighted by Gasteiger charge is -2.34. The number of benzene rings is 1. The first-order chi connectivity index (χ1) is 26.2. The first-order valence-electron chi connectivity index (χ1n) is 18.4. The van der Waals surface area contributed by atoms with Gasteiger partial charge in [0.1, 0.15) is 17.2 Å². The predicted octanol–water partition coefficient (Wildman–Crippen LogP) is 4.34. The van der Waals surface area contributed by atoms with Crippen molar-refractivity contribution in [3.05, 3.63) is 86.5 Å². The molecule has 2 amide bonds. The van der Waals surface area contributed by atoms with Crippen molar-refractivity contribution in [1.29, 1.82) is 0 Å². The Balaban J connectivity index is 1.31. The van der Waals surface area contributed by atoms with E-state index in [1.165, 1.54) is 15.7 Å². The minimum atomic E-state index is -0.352. The number of tetrazole rings is 1. The molecule has 1 atom stereocenters. The number of nitrogens with one attached hydrogen (secondary N) is 2. The van der Waals surface area contributed by atoms with E-state index in [2.05, 4.69) is 78.0 Å². The molecule has 0 saturated carbocycles. The zero-order valence-electron chi connectivity index (χ0n) is 32.6. The molecule has 0 bridgehead atoms. The molecule has 0 spiro atoms. The molecule has 1 aliphatic heterocycles. The van der Waals surface area contributed by atoms with E-state index in [-0.39, 0.29) is 28.7 Å². The van der Waals surface area contributed by atoms with E-state index in [1.54, 1.807) is 42.3 Å². The smallest absolute Gasteiger partial charge is 0.267 e. The Morgan fingerprint density at radius 1 is 1.09 bits per heavy atom. The minimum Gasteiger partial charge on any atom is -0.497 e. The summed E-state index contributed by atoms with van der Waals surface area (Å²) in [6.45, 7) is 9.24. The highest BCUT2D eigenvalue weighted by Gasteiger charge is 2.27. The van der Waals surface area contributed by atoms with Gasteiger partial charge in [0.2, 0.25) is 5.91 Å². The van der Waals surface area contributed by atoms with Gasteiger partial charge in [-0.05, 0) is 71.2 Å². The summed E-state index contributed by atoms with van der Waals surface area (Å²) in [6, 6.07) is 10.8. The van der Waals surface area contributed by atoms with Crippen LogP contribution in [0.5, 0.6) is 5.75 Å². The van der Waals surface area contributed by atoms with Crippen molar-refractivity contribution in [2.45, 2.75) is 52.0 Å². The van der Waals surface area contributed by atoms with Crippen molar-refractivity contribution in [2.24, 2.45) is 5.92 Å². The van der Waals surface area contributed by atoms with Crippen molar-refractivity contribution in [1.82, 2.24) is 39.9 Å². The van der Waals surface area contributed by atoms with Crippen molar-refractivity contribution in [3.8, 4) is 5.75 Å². The lowest BCUT2D eigenvalue weighted by atomic mass is 9.93. The van der Waals surface area contributed by atoms with E-state index in [1.807, 2.05) is 29.6 Å². The maximum Gasteiger partial charge on any atom is 0.267 e. The van der Waals surface area contributed by atoms with Crippen LogP contribution in [-0.2, 0) is 16.8 Å². The number of carbonyl (C=O) groups is 2. The van der Waals surface area contributed by atoms with E-state index < -0.39 is 0 Å². The fourth-order valence-electron chi connectivity index (χ4n) is 6.31. The van der Waals surface area contributed by atoms with E-state index in [0.29, 0.717) is 66.1 Å². The SMILES string of the molecule is COc1ccc(Cn2nnnc2C=Cc2c(N3CCCC(CC(=O)NCC[N+](C)(C)C)C3)nc3cc(C(=O)Nc4nc(C(C)(C)C)cs4)ccn3c2=O)cc1. The average molecular weight is 769 g/mol. The van der Waals surface area contributed by atoms with Crippen LogP contribution in [0.1, 0.15) is 73.0 Å². The number of likely N-dealkylation sites (N-methyl/N-ethyl adjacent to an activating group) is 1. The Hall–Kier alpha value is -5.48. The van der Waals surface area contributed by atoms with Crippen LogP contribution in [0.2, 0.25) is 0 Å². The summed E-state index contributed by atoms with van der Waals surface area (Å²) in [5, 5.41) is 20.7. The number of ether oxygens (including phenoxy) is 1. The number of hydrogen-bond acceptors (Lipinski definition) is 11. The van der Waals surface area contributed by atoms with Gasteiger partial charge in [0, 0.05) is 42.1 Å².